The highest BCUT2D eigenvalue weighted by Crippen LogP contribution is 2.68. The number of aromatic amines is 1. The molecule has 0 radical (unpaired) electrons. The summed E-state index contributed by atoms with van der Waals surface area (Å²) in [5.74, 6) is -0.999. The van der Waals surface area contributed by atoms with Crippen LogP contribution >= 0.6 is 23.1 Å². The van der Waals surface area contributed by atoms with Crippen LogP contribution in [0.25, 0.3) is 0 Å². The van der Waals surface area contributed by atoms with Crippen molar-refractivity contribution in [2.45, 2.75) is 34.4 Å². The lowest BCUT2D eigenvalue weighted by Gasteiger charge is -2.43. The fraction of sp³-hybridized carbons (Fsp3) is 0.294. The number of thioether (sulfide) groups is 1. The number of H-pyrrole nitrogens is 1. The number of nitrogens with zero attached hydrogens (tertiary/aromatic N) is 1. The number of hydrogen-bond acceptors (Lipinski definition) is 9. The Labute approximate surface area is 283 Å². The van der Waals surface area contributed by atoms with Gasteiger partial charge in [-0.1, -0.05) is 41.2 Å². The Morgan fingerprint density at radius 3 is 2.29 bits per heavy atom. The summed E-state index contributed by atoms with van der Waals surface area (Å²) in [6.07, 6.45) is 0.799. The van der Waals surface area contributed by atoms with Crippen molar-refractivity contribution in [3.63, 3.8) is 0 Å². The predicted octanol–water partition coefficient (Wildman–Crippen LogP) is 4.09. The lowest BCUT2D eigenvalue weighted by atomic mass is 9.68. The van der Waals surface area contributed by atoms with Gasteiger partial charge in [0.25, 0.3) is 5.91 Å². The lowest BCUT2D eigenvalue weighted by Crippen LogP contribution is -2.42. The quantitative estimate of drug-likeness (QED) is 0.242. The molecule has 3 aromatic carbocycles. The molecule has 3 amide bonds. The van der Waals surface area contributed by atoms with E-state index in [-0.39, 0.29) is 68.9 Å². The fourth-order valence-electron chi connectivity index (χ4n) is 8.18. The van der Waals surface area contributed by atoms with E-state index in [1.54, 1.807) is 23.9 Å². The molecule has 4 aromatic rings. The molecule has 2 saturated carbocycles. The molecule has 2 bridgehead atoms. The van der Waals surface area contributed by atoms with E-state index in [1.165, 1.54) is 40.5 Å². The number of carbonyl (C=O) groups excluding carboxylic acids is 3. The first-order chi connectivity index (χ1) is 23.0. The number of aromatic nitrogens is 1. The number of thiazole rings is 1. The number of anilines is 2. The van der Waals surface area contributed by atoms with Gasteiger partial charge in [-0.25, -0.2) is 13.6 Å². The largest absolute Gasteiger partial charge is 0.484 e. The second-order valence-corrected chi connectivity index (χ2v) is 16.5. The van der Waals surface area contributed by atoms with Crippen molar-refractivity contribution in [1.29, 1.82) is 0 Å². The van der Waals surface area contributed by atoms with Gasteiger partial charge in [0.2, 0.25) is 21.8 Å². The number of sulfonamides is 1. The van der Waals surface area contributed by atoms with Crippen LogP contribution in [-0.2, 0) is 24.4 Å². The Bertz CT molecular complexity index is 2130. The zero-order chi connectivity index (χ0) is 33.5. The molecular formula is C34H30N4O7S3. The Kier molecular flexibility index (Phi) is 7.40. The van der Waals surface area contributed by atoms with Crippen LogP contribution < -0.4 is 25.0 Å². The molecule has 4 aliphatic rings. The number of imide groups is 1. The first-order valence-corrected chi connectivity index (χ1v) is 18.7. The van der Waals surface area contributed by atoms with Crippen LogP contribution in [0, 0.1) is 36.5 Å². The number of nitrogens with two attached hydrogens (primary N) is 1. The zero-order valence-corrected chi connectivity index (χ0v) is 27.9. The number of primary sulfonamides is 1. The van der Waals surface area contributed by atoms with Crippen LogP contribution in [0.15, 0.2) is 87.5 Å². The number of nitrogens with one attached hydrogen (secondary N) is 2. The van der Waals surface area contributed by atoms with Gasteiger partial charge in [0, 0.05) is 21.7 Å². The SMILES string of the molecule is Cc1ccc(N2C(=O)[C@H]3[C@H]4C[C@@H]([C@@H]3C2=O)[C@@H]2[C@H](c3ccc(OCC(=O)Nc5ccc(S(N)(=O)=O)cc5)cc3)c3sc(=O)[nH]c3S[C@H]42)cc1. The summed E-state index contributed by atoms with van der Waals surface area (Å²) >= 11 is 2.84. The number of ether oxygens (including phenoxy) is 1. The third-order valence-corrected chi connectivity index (χ3v) is 13.6. The van der Waals surface area contributed by atoms with Gasteiger partial charge >= 0.3 is 4.87 Å². The minimum absolute atomic E-state index is 0.00148. The number of carbonyl (C=O) groups is 3. The molecule has 14 heteroatoms. The summed E-state index contributed by atoms with van der Waals surface area (Å²) in [7, 11) is -3.84. The monoisotopic (exact) mass is 702 g/mol. The molecule has 48 heavy (non-hydrogen) atoms. The molecule has 8 rings (SSSR count). The number of fused-ring (bicyclic) bond motifs is 9. The average Bonchev–Trinajstić information content (AvgIpc) is 3.79. The summed E-state index contributed by atoms with van der Waals surface area (Å²) in [6.45, 7) is 1.70. The highest BCUT2D eigenvalue weighted by molar-refractivity contribution is 8.00. The van der Waals surface area contributed by atoms with E-state index in [9.17, 15) is 27.6 Å². The van der Waals surface area contributed by atoms with Crippen molar-refractivity contribution in [2.24, 2.45) is 34.7 Å². The molecule has 7 atom stereocenters. The molecule has 3 fully saturated rings. The number of amides is 3. The van der Waals surface area contributed by atoms with E-state index >= 15 is 0 Å². The third kappa shape index (κ3) is 5.09. The van der Waals surface area contributed by atoms with Gasteiger partial charge in [-0.3, -0.25) is 24.1 Å². The van der Waals surface area contributed by atoms with Crippen LogP contribution in [-0.4, -0.2) is 43.0 Å². The molecule has 2 aliphatic carbocycles. The summed E-state index contributed by atoms with van der Waals surface area (Å²) in [4.78, 5) is 58.1. The van der Waals surface area contributed by atoms with Gasteiger partial charge in [-0.15, -0.1) is 11.8 Å². The summed E-state index contributed by atoms with van der Waals surface area (Å²) in [6, 6.07) is 20.4. The Hall–Kier alpha value is -4.24. The molecule has 0 spiro atoms. The van der Waals surface area contributed by atoms with Crippen molar-refractivity contribution in [2.75, 3.05) is 16.8 Å². The van der Waals surface area contributed by atoms with Crippen LogP contribution in [0.1, 0.15) is 28.3 Å². The normalized spacial score (nSPS) is 27.0. The maximum Gasteiger partial charge on any atom is 0.305 e. The van der Waals surface area contributed by atoms with E-state index in [0.29, 0.717) is 17.1 Å². The molecule has 1 aromatic heterocycles. The minimum Gasteiger partial charge on any atom is -0.484 e. The average molecular weight is 703 g/mol. The summed E-state index contributed by atoms with van der Waals surface area (Å²) in [5, 5.41) is 8.70. The highest BCUT2D eigenvalue weighted by Gasteiger charge is 2.69. The first-order valence-electron chi connectivity index (χ1n) is 15.5. The van der Waals surface area contributed by atoms with Gasteiger partial charge in [0.15, 0.2) is 6.61 Å². The number of rotatable bonds is 7. The fourth-order valence-corrected chi connectivity index (χ4v) is 11.6. The van der Waals surface area contributed by atoms with Crippen molar-refractivity contribution in [1.82, 2.24) is 4.98 Å². The molecule has 246 valence electrons. The maximum atomic E-state index is 13.9. The van der Waals surface area contributed by atoms with E-state index in [0.717, 1.165) is 27.5 Å². The highest BCUT2D eigenvalue weighted by atomic mass is 32.2. The van der Waals surface area contributed by atoms with Crippen molar-refractivity contribution >= 4 is 62.2 Å². The lowest BCUT2D eigenvalue weighted by molar-refractivity contribution is -0.123. The van der Waals surface area contributed by atoms with E-state index in [4.69, 9.17) is 9.88 Å². The summed E-state index contributed by atoms with van der Waals surface area (Å²) in [5.41, 5.74) is 3.04. The molecule has 2 aliphatic heterocycles. The maximum absolute atomic E-state index is 13.9. The van der Waals surface area contributed by atoms with Crippen LogP contribution in [0.2, 0.25) is 0 Å². The van der Waals surface area contributed by atoms with Crippen LogP contribution in [0.3, 0.4) is 0 Å². The molecule has 1 saturated heterocycles. The first kappa shape index (κ1) is 31.1. The smallest absolute Gasteiger partial charge is 0.305 e. The molecular weight excluding hydrogens is 673 g/mol. The van der Waals surface area contributed by atoms with Crippen molar-refractivity contribution in [3.8, 4) is 5.75 Å². The second kappa shape index (κ2) is 11.4. The van der Waals surface area contributed by atoms with Crippen molar-refractivity contribution in [3.05, 3.63) is 98.5 Å². The number of benzene rings is 3. The van der Waals surface area contributed by atoms with Gasteiger partial charge in [-0.05, 0) is 85.2 Å². The summed E-state index contributed by atoms with van der Waals surface area (Å²) < 4.78 is 28.7. The van der Waals surface area contributed by atoms with Gasteiger partial charge in [0.05, 0.1) is 27.4 Å². The van der Waals surface area contributed by atoms with Crippen molar-refractivity contribution < 1.29 is 27.5 Å². The van der Waals surface area contributed by atoms with E-state index in [2.05, 4.69) is 10.3 Å². The topological polar surface area (TPSA) is 169 Å². The third-order valence-electron chi connectivity index (χ3n) is 10.1. The molecule has 4 N–H and O–H groups in total. The van der Waals surface area contributed by atoms with Gasteiger partial charge < -0.3 is 15.0 Å². The second-order valence-electron chi connectivity index (χ2n) is 12.8. The van der Waals surface area contributed by atoms with E-state index < -0.39 is 15.9 Å². The zero-order valence-electron chi connectivity index (χ0n) is 25.5. The number of aryl methyl sites for hydroxylation is 1. The Balaban J connectivity index is 1.02. The van der Waals surface area contributed by atoms with Crippen LogP contribution in [0.5, 0.6) is 5.75 Å². The molecule has 0 unspecified atom stereocenters. The Morgan fingerprint density at radius 2 is 1.62 bits per heavy atom. The molecule has 3 heterocycles. The standard InChI is InChI=1S/C34H30N4O7S3/c1-16-2-8-19(9-3-16)38-32(40)27-22-14-23(28(27)33(38)41)29-26(22)25(30-31(46-29)37-34(42)47-30)17-4-10-20(11-5-17)45-15-24(39)36-18-6-12-21(13-7-18)48(35,43)44/h2-13,22-23,25-29H,14-15H2,1H3,(H,36,39)(H,37,42)(H2,35,43,44)/t22-,23-,25+,26-,27+,28+,29-/m1/s1. The van der Waals surface area contributed by atoms with Gasteiger partial charge in [-0.2, -0.15) is 0 Å². The predicted molar refractivity (Wildman–Crippen MR) is 181 cm³/mol. The molecule has 11 nitrogen and oxygen atoms in total. The van der Waals surface area contributed by atoms with E-state index in [1.807, 2.05) is 43.3 Å². The Morgan fingerprint density at radius 1 is 0.958 bits per heavy atom. The minimum atomic E-state index is -3.84. The number of hydrogen-bond donors (Lipinski definition) is 3. The van der Waals surface area contributed by atoms with Gasteiger partial charge in [0.1, 0.15) is 5.75 Å². The van der Waals surface area contributed by atoms with Crippen LogP contribution in [0.4, 0.5) is 11.4 Å².